The number of nitrogens with one attached hydrogen (secondary N) is 1. The van der Waals surface area contributed by atoms with E-state index in [4.69, 9.17) is 0 Å². The molecule has 2 aromatic carbocycles. The maximum Gasteiger partial charge on any atom is 0.253 e. The molecule has 130 valence electrons. The molecular formula is C20H23N3O2. The Kier molecular flexibility index (Phi) is 4.74. The van der Waals surface area contributed by atoms with E-state index in [2.05, 4.69) is 22.3 Å². The molecule has 0 aromatic heterocycles. The highest BCUT2D eigenvalue weighted by molar-refractivity contribution is 5.93. The molecule has 0 atom stereocenters. The van der Waals surface area contributed by atoms with Crippen LogP contribution in [0.5, 0.6) is 0 Å². The highest BCUT2D eigenvalue weighted by atomic mass is 16.2. The highest BCUT2D eigenvalue weighted by Gasteiger charge is 2.19. The second kappa shape index (κ2) is 6.97. The van der Waals surface area contributed by atoms with Crippen LogP contribution in [0, 0.1) is 0 Å². The fourth-order valence-corrected chi connectivity index (χ4v) is 3.15. The van der Waals surface area contributed by atoms with E-state index in [0.717, 1.165) is 25.2 Å². The minimum atomic E-state index is -0.0536. The number of hydrogen-bond acceptors (Lipinski definition) is 3. The van der Waals surface area contributed by atoms with Gasteiger partial charge in [0.05, 0.1) is 0 Å². The predicted molar refractivity (Wildman–Crippen MR) is 100.0 cm³/mol. The van der Waals surface area contributed by atoms with E-state index in [1.807, 2.05) is 30.3 Å². The van der Waals surface area contributed by atoms with Crippen molar-refractivity contribution in [3.63, 3.8) is 0 Å². The Morgan fingerprint density at radius 2 is 1.84 bits per heavy atom. The topological polar surface area (TPSA) is 52.7 Å². The second-order valence-electron chi connectivity index (χ2n) is 6.59. The molecule has 1 aliphatic heterocycles. The summed E-state index contributed by atoms with van der Waals surface area (Å²) in [4.78, 5) is 27.1. The molecule has 3 rings (SSSR count). The van der Waals surface area contributed by atoms with Crippen LogP contribution in [0.3, 0.4) is 0 Å². The molecule has 0 spiro atoms. The number of hydrogen-bond donors (Lipinski definition) is 1. The zero-order chi connectivity index (χ0) is 18.0. The van der Waals surface area contributed by atoms with E-state index in [1.54, 1.807) is 19.0 Å². The highest BCUT2D eigenvalue weighted by Crippen LogP contribution is 2.31. The van der Waals surface area contributed by atoms with Gasteiger partial charge in [0.15, 0.2) is 0 Å². The van der Waals surface area contributed by atoms with Crippen LogP contribution in [-0.4, -0.2) is 37.4 Å². The first-order valence-electron chi connectivity index (χ1n) is 8.40. The second-order valence-corrected chi connectivity index (χ2v) is 6.59. The molecule has 0 aliphatic carbocycles. The number of benzene rings is 2. The molecule has 25 heavy (non-hydrogen) atoms. The average molecular weight is 337 g/mol. The molecule has 0 radical (unpaired) electrons. The van der Waals surface area contributed by atoms with Crippen molar-refractivity contribution in [3.05, 3.63) is 59.2 Å². The monoisotopic (exact) mass is 337 g/mol. The van der Waals surface area contributed by atoms with E-state index in [9.17, 15) is 9.59 Å². The number of carbonyl (C=O) groups is 2. The van der Waals surface area contributed by atoms with Crippen LogP contribution in [0.25, 0.3) is 0 Å². The lowest BCUT2D eigenvalue weighted by Crippen LogP contribution is -2.22. The molecular weight excluding hydrogens is 314 g/mol. The Morgan fingerprint density at radius 3 is 2.48 bits per heavy atom. The van der Waals surface area contributed by atoms with Gasteiger partial charge in [0.2, 0.25) is 5.91 Å². The van der Waals surface area contributed by atoms with Crippen molar-refractivity contribution in [3.8, 4) is 0 Å². The molecule has 5 heteroatoms. The number of anilines is 2. The van der Waals surface area contributed by atoms with Gasteiger partial charge in [-0.25, -0.2) is 0 Å². The van der Waals surface area contributed by atoms with Gasteiger partial charge in [0.1, 0.15) is 0 Å². The van der Waals surface area contributed by atoms with Crippen molar-refractivity contribution < 1.29 is 9.59 Å². The number of carbonyl (C=O) groups excluding carboxylic acids is 2. The first kappa shape index (κ1) is 17.0. The Morgan fingerprint density at radius 1 is 1.12 bits per heavy atom. The van der Waals surface area contributed by atoms with E-state index >= 15 is 0 Å². The average Bonchev–Trinajstić information content (AvgIpc) is 2.96. The van der Waals surface area contributed by atoms with E-state index < -0.39 is 0 Å². The summed E-state index contributed by atoms with van der Waals surface area (Å²) in [6.45, 7) is 3.28. The summed E-state index contributed by atoms with van der Waals surface area (Å²) in [5.74, 6) is -0.0364. The lowest BCUT2D eigenvalue weighted by molar-refractivity contribution is -0.114. The fraction of sp³-hybridized carbons (Fsp3) is 0.300. The third-order valence-electron chi connectivity index (χ3n) is 4.37. The Bertz CT molecular complexity index is 797. The van der Waals surface area contributed by atoms with E-state index in [1.165, 1.54) is 23.7 Å². The lowest BCUT2D eigenvalue weighted by atomic mass is 10.1. The minimum Gasteiger partial charge on any atom is -0.367 e. The molecule has 1 heterocycles. The molecule has 1 aliphatic rings. The number of rotatable bonds is 4. The molecule has 1 N–H and O–H groups in total. The van der Waals surface area contributed by atoms with Gasteiger partial charge in [-0.2, -0.15) is 0 Å². The fourth-order valence-electron chi connectivity index (χ4n) is 3.15. The molecule has 0 saturated carbocycles. The maximum absolute atomic E-state index is 12.0. The molecule has 5 nitrogen and oxygen atoms in total. The van der Waals surface area contributed by atoms with Gasteiger partial charge >= 0.3 is 0 Å². The van der Waals surface area contributed by atoms with Crippen molar-refractivity contribution in [2.75, 3.05) is 30.9 Å². The normalized spacial score (nSPS) is 12.7. The van der Waals surface area contributed by atoms with Crippen LogP contribution >= 0.6 is 0 Å². The van der Waals surface area contributed by atoms with Crippen LogP contribution in [0.2, 0.25) is 0 Å². The zero-order valence-corrected chi connectivity index (χ0v) is 14.9. The smallest absolute Gasteiger partial charge is 0.253 e. The van der Waals surface area contributed by atoms with Gasteiger partial charge in [-0.15, -0.1) is 0 Å². The van der Waals surface area contributed by atoms with E-state index in [0.29, 0.717) is 5.56 Å². The van der Waals surface area contributed by atoms with Crippen molar-refractivity contribution >= 4 is 23.2 Å². The number of fused-ring (bicyclic) bond motifs is 1. The molecule has 2 amide bonds. The van der Waals surface area contributed by atoms with Crippen molar-refractivity contribution in [2.24, 2.45) is 0 Å². The van der Waals surface area contributed by atoms with Crippen LogP contribution in [0.4, 0.5) is 11.4 Å². The van der Waals surface area contributed by atoms with Gasteiger partial charge in [0, 0.05) is 51.0 Å². The van der Waals surface area contributed by atoms with Gasteiger partial charge in [-0.3, -0.25) is 9.59 Å². The van der Waals surface area contributed by atoms with Crippen molar-refractivity contribution in [1.82, 2.24) is 4.90 Å². The van der Waals surface area contributed by atoms with Gasteiger partial charge in [-0.1, -0.05) is 12.1 Å². The first-order chi connectivity index (χ1) is 11.9. The molecule has 2 aromatic rings. The van der Waals surface area contributed by atoms with Crippen LogP contribution in [0.15, 0.2) is 42.5 Å². The predicted octanol–water partition coefficient (Wildman–Crippen LogP) is 2.91. The van der Waals surface area contributed by atoms with Crippen LogP contribution in [0.1, 0.15) is 28.4 Å². The van der Waals surface area contributed by atoms with Crippen LogP contribution in [-0.2, 0) is 17.8 Å². The Labute approximate surface area is 148 Å². The van der Waals surface area contributed by atoms with E-state index in [-0.39, 0.29) is 11.8 Å². The summed E-state index contributed by atoms with van der Waals surface area (Å²) < 4.78 is 0. The van der Waals surface area contributed by atoms with Crippen molar-refractivity contribution in [1.29, 1.82) is 0 Å². The summed E-state index contributed by atoms with van der Waals surface area (Å²) >= 11 is 0. The van der Waals surface area contributed by atoms with Crippen LogP contribution < -0.4 is 10.2 Å². The van der Waals surface area contributed by atoms with Gasteiger partial charge < -0.3 is 15.1 Å². The Hall–Kier alpha value is -2.82. The summed E-state index contributed by atoms with van der Waals surface area (Å²) in [7, 11) is 3.51. The number of nitrogens with zero attached hydrogens (tertiary/aromatic N) is 2. The third kappa shape index (κ3) is 3.82. The summed E-state index contributed by atoms with van der Waals surface area (Å²) in [5.41, 5.74) is 5.19. The maximum atomic E-state index is 12.0. The van der Waals surface area contributed by atoms with Gasteiger partial charge in [-0.05, 0) is 47.9 Å². The Balaban J connectivity index is 1.71. The molecule has 0 fully saturated rings. The number of amides is 2. The van der Waals surface area contributed by atoms with Gasteiger partial charge in [0.25, 0.3) is 5.91 Å². The lowest BCUT2D eigenvalue weighted by Gasteiger charge is -2.20. The quantitative estimate of drug-likeness (QED) is 0.933. The largest absolute Gasteiger partial charge is 0.367 e. The summed E-state index contributed by atoms with van der Waals surface area (Å²) in [5, 5.41) is 2.83. The summed E-state index contributed by atoms with van der Waals surface area (Å²) in [6.07, 6.45) is 0.972. The standard InChI is InChI=1S/C20H23N3O2/c1-14(24)21-18-8-9-19-17(12-18)10-11-23(19)13-15-4-6-16(7-5-15)20(25)22(2)3/h4-9,12H,10-11,13H2,1-3H3,(H,21,24). The summed E-state index contributed by atoms with van der Waals surface area (Å²) in [6, 6.07) is 13.9. The molecule has 0 saturated heterocycles. The first-order valence-corrected chi connectivity index (χ1v) is 8.40. The molecule has 0 bridgehead atoms. The SMILES string of the molecule is CC(=O)Nc1ccc2c(c1)CCN2Cc1ccc(C(=O)N(C)C)cc1. The third-order valence-corrected chi connectivity index (χ3v) is 4.37. The zero-order valence-electron chi connectivity index (χ0n) is 14.9. The van der Waals surface area contributed by atoms with Crippen molar-refractivity contribution in [2.45, 2.75) is 19.9 Å². The molecule has 0 unspecified atom stereocenters. The minimum absolute atomic E-state index is 0.0172.